The fraction of sp³-hybridized carbons (Fsp3) is 0.938. The number of β-amino-alcohol motifs (C(OH)–C–C–N with tert-alkyl or cyclic N) is 1. The number of carbonyl (C=O) groups excluding carboxylic acids is 1. The van der Waals surface area contributed by atoms with E-state index < -0.39 is 0 Å². The number of aliphatic hydroxyl groups excluding tert-OH is 1. The molecule has 0 aromatic heterocycles. The third-order valence-corrected chi connectivity index (χ3v) is 5.60. The van der Waals surface area contributed by atoms with Gasteiger partial charge in [0.05, 0.1) is 6.10 Å². The van der Waals surface area contributed by atoms with Crippen molar-refractivity contribution in [3.05, 3.63) is 0 Å². The van der Waals surface area contributed by atoms with Crippen LogP contribution in [0.5, 0.6) is 0 Å². The number of rotatable bonds is 1. The summed E-state index contributed by atoms with van der Waals surface area (Å²) in [7, 11) is 0. The van der Waals surface area contributed by atoms with Crippen LogP contribution in [0.15, 0.2) is 0 Å². The van der Waals surface area contributed by atoms with Crippen molar-refractivity contribution < 1.29 is 9.90 Å². The van der Waals surface area contributed by atoms with Gasteiger partial charge in [0, 0.05) is 19.0 Å². The first-order chi connectivity index (χ1) is 9.24. The molecule has 0 bridgehead atoms. The van der Waals surface area contributed by atoms with Crippen LogP contribution in [0, 0.1) is 17.8 Å². The summed E-state index contributed by atoms with van der Waals surface area (Å²) in [4.78, 5) is 14.5. The zero-order chi connectivity index (χ0) is 13.2. The lowest BCUT2D eigenvalue weighted by molar-refractivity contribution is -0.141. The van der Waals surface area contributed by atoms with Gasteiger partial charge in [-0.2, -0.15) is 0 Å². The van der Waals surface area contributed by atoms with Gasteiger partial charge in [-0.05, 0) is 43.9 Å². The smallest absolute Gasteiger partial charge is 0.225 e. The molecule has 2 aliphatic carbocycles. The van der Waals surface area contributed by atoms with Crippen molar-refractivity contribution in [3.8, 4) is 0 Å². The summed E-state index contributed by atoms with van der Waals surface area (Å²) in [5.74, 6) is 2.31. The van der Waals surface area contributed by atoms with E-state index in [0.717, 1.165) is 44.1 Å². The first-order valence-electron chi connectivity index (χ1n) is 8.21. The van der Waals surface area contributed by atoms with Gasteiger partial charge in [0.25, 0.3) is 0 Å². The largest absolute Gasteiger partial charge is 0.391 e. The Kier molecular flexibility index (Phi) is 4.11. The van der Waals surface area contributed by atoms with E-state index in [1.54, 1.807) is 0 Å². The van der Waals surface area contributed by atoms with Crippen LogP contribution in [-0.2, 0) is 4.79 Å². The van der Waals surface area contributed by atoms with Crippen LogP contribution in [0.4, 0.5) is 0 Å². The third-order valence-electron chi connectivity index (χ3n) is 5.60. The second-order valence-electron chi connectivity index (χ2n) is 6.89. The van der Waals surface area contributed by atoms with E-state index in [4.69, 9.17) is 0 Å². The maximum Gasteiger partial charge on any atom is 0.225 e. The third kappa shape index (κ3) is 2.96. The Balaban J connectivity index is 1.58. The number of likely N-dealkylation sites (tertiary alicyclic amines) is 1. The summed E-state index contributed by atoms with van der Waals surface area (Å²) in [6.07, 6.45) is 10.5. The van der Waals surface area contributed by atoms with E-state index in [-0.39, 0.29) is 12.0 Å². The van der Waals surface area contributed by atoms with E-state index in [9.17, 15) is 9.90 Å². The molecule has 0 aromatic carbocycles. The highest BCUT2D eigenvalue weighted by Gasteiger charge is 2.37. The highest BCUT2D eigenvalue weighted by Crippen LogP contribution is 2.43. The van der Waals surface area contributed by atoms with Crippen LogP contribution in [-0.4, -0.2) is 35.1 Å². The molecule has 3 unspecified atom stereocenters. The molecule has 1 amide bonds. The van der Waals surface area contributed by atoms with Gasteiger partial charge in [-0.15, -0.1) is 0 Å². The van der Waals surface area contributed by atoms with Crippen LogP contribution in [0.1, 0.15) is 57.8 Å². The highest BCUT2D eigenvalue weighted by atomic mass is 16.3. The number of piperidine rings is 1. The molecule has 0 radical (unpaired) electrons. The van der Waals surface area contributed by atoms with Crippen molar-refractivity contribution in [2.45, 2.75) is 63.9 Å². The van der Waals surface area contributed by atoms with Gasteiger partial charge in [0.15, 0.2) is 0 Å². The molecular weight excluding hydrogens is 238 g/mol. The summed E-state index contributed by atoms with van der Waals surface area (Å²) in [5.41, 5.74) is 0. The minimum atomic E-state index is -0.288. The van der Waals surface area contributed by atoms with Crippen molar-refractivity contribution >= 4 is 5.91 Å². The van der Waals surface area contributed by atoms with E-state index >= 15 is 0 Å². The van der Waals surface area contributed by atoms with Gasteiger partial charge in [0.1, 0.15) is 0 Å². The molecule has 19 heavy (non-hydrogen) atoms. The molecule has 3 rings (SSSR count). The van der Waals surface area contributed by atoms with Crippen molar-refractivity contribution in [1.29, 1.82) is 0 Å². The zero-order valence-corrected chi connectivity index (χ0v) is 11.9. The molecule has 3 fully saturated rings. The second kappa shape index (κ2) is 5.82. The Labute approximate surface area is 116 Å². The van der Waals surface area contributed by atoms with Crippen molar-refractivity contribution in [1.82, 2.24) is 4.90 Å². The number of hydrogen-bond donors (Lipinski definition) is 1. The Morgan fingerprint density at radius 3 is 2.53 bits per heavy atom. The maximum absolute atomic E-state index is 12.6. The van der Waals surface area contributed by atoms with E-state index in [2.05, 4.69) is 0 Å². The maximum atomic E-state index is 12.6. The lowest BCUT2D eigenvalue weighted by Gasteiger charge is -2.41. The molecule has 1 saturated heterocycles. The monoisotopic (exact) mass is 265 g/mol. The van der Waals surface area contributed by atoms with Gasteiger partial charge >= 0.3 is 0 Å². The minimum Gasteiger partial charge on any atom is -0.391 e. The fourth-order valence-corrected chi connectivity index (χ4v) is 4.51. The van der Waals surface area contributed by atoms with E-state index in [1.165, 1.54) is 32.1 Å². The van der Waals surface area contributed by atoms with Crippen LogP contribution >= 0.6 is 0 Å². The summed E-state index contributed by atoms with van der Waals surface area (Å²) in [6, 6.07) is 0. The normalized spacial score (nSPS) is 39.7. The van der Waals surface area contributed by atoms with Crippen molar-refractivity contribution in [2.24, 2.45) is 17.8 Å². The molecule has 0 aromatic rings. The fourth-order valence-electron chi connectivity index (χ4n) is 4.51. The molecule has 2 saturated carbocycles. The average Bonchev–Trinajstić information content (AvgIpc) is 2.46. The lowest BCUT2D eigenvalue weighted by atomic mass is 9.67. The number of nitrogens with zero attached hydrogens (tertiary/aromatic N) is 1. The molecule has 3 nitrogen and oxygen atoms in total. The molecule has 1 N–H and O–H groups in total. The summed E-state index contributed by atoms with van der Waals surface area (Å²) in [5, 5.41) is 9.72. The summed E-state index contributed by atoms with van der Waals surface area (Å²) in [6.45, 7) is 1.43. The van der Waals surface area contributed by atoms with Gasteiger partial charge in [-0.3, -0.25) is 4.79 Å². The van der Waals surface area contributed by atoms with Gasteiger partial charge in [-0.25, -0.2) is 0 Å². The molecule has 108 valence electrons. The first-order valence-corrected chi connectivity index (χ1v) is 8.21. The van der Waals surface area contributed by atoms with E-state index in [0.29, 0.717) is 12.5 Å². The SMILES string of the molecule is O=C(C1CCC2CCCCC2C1)N1CCC[C@H](O)C1. The first kappa shape index (κ1) is 13.4. The molecule has 1 aliphatic heterocycles. The quantitative estimate of drug-likeness (QED) is 0.791. The topological polar surface area (TPSA) is 40.5 Å². The molecule has 0 spiro atoms. The van der Waals surface area contributed by atoms with Crippen LogP contribution in [0.3, 0.4) is 0 Å². The van der Waals surface area contributed by atoms with Crippen molar-refractivity contribution in [3.63, 3.8) is 0 Å². The predicted octanol–water partition coefficient (Wildman–Crippen LogP) is 2.58. The molecule has 4 atom stereocenters. The van der Waals surface area contributed by atoms with Crippen LogP contribution < -0.4 is 0 Å². The highest BCUT2D eigenvalue weighted by molar-refractivity contribution is 5.79. The molecule has 1 heterocycles. The average molecular weight is 265 g/mol. The lowest BCUT2D eigenvalue weighted by Crippen LogP contribution is -2.46. The summed E-state index contributed by atoms with van der Waals surface area (Å²) >= 11 is 0. The van der Waals surface area contributed by atoms with E-state index in [1.807, 2.05) is 4.90 Å². The number of amides is 1. The Morgan fingerprint density at radius 2 is 1.74 bits per heavy atom. The van der Waals surface area contributed by atoms with Crippen molar-refractivity contribution in [2.75, 3.05) is 13.1 Å². The van der Waals surface area contributed by atoms with Gasteiger partial charge < -0.3 is 10.0 Å². The standard InChI is InChI=1S/C16H27NO2/c18-15-6-3-9-17(11-15)16(19)14-8-7-12-4-1-2-5-13(12)10-14/h12-15,18H,1-11H2/t12?,13?,14?,15-/m0/s1. The predicted molar refractivity (Wildman–Crippen MR) is 74.6 cm³/mol. The Bertz CT molecular complexity index is 331. The molecule has 3 heteroatoms. The van der Waals surface area contributed by atoms with Crippen LogP contribution in [0.25, 0.3) is 0 Å². The minimum absolute atomic E-state index is 0.254. The number of aliphatic hydroxyl groups is 1. The number of carbonyl (C=O) groups is 1. The van der Waals surface area contributed by atoms with Crippen LogP contribution in [0.2, 0.25) is 0 Å². The summed E-state index contributed by atoms with van der Waals surface area (Å²) < 4.78 is 0. The molecular formula is C16H27NO2. The zero-order valence-electron chi connectivity index (χ0n) is 11.9. The Morgan fingerprint density at radius 1 is 0.947 bits per heavy atom. The van der Waals surface area contributed by atoms with Gasteiger partial charge in [-0.1, -0.05) is 25.7 Å². The Hall–Kier alpha value is -0.570. The second-order valence-corrected chi connectivity index (χ2v) is 6.89. The number of fused-ring (bicyclic) bond motifs is 1. The molecule has 3 aliphatic rings. The van der Waals surface area contributed by atoms with Gasteiger partial charge in [0.2, 0.25) is 5.91 Å². The number of hydrogen-bond acceptors (Lipinski definition) is 2.